The third-order valence-corrected chi connectivity index (χ3v) is 6.16. The molecule has 2 atom stereocenters. The van der Waals surface area contributed by atoms with Crippen molar-refractivity contribution in [3.8, 4) is 0 Å². The Balaban J connectivity index is 1.81. The molecule has 8 nitrogen and oxygen atoms in total. The van der Waals surface area contributed by atoms with Gasteiger partial charge in [-0.05, 0) is 30.7 Å². The Morgan fingerprint density at radius 1 is 1.34 bits per heavy atom. The first kappa shape index (κ1) is 21.1. The minimum atomic E-state index is -3.38. The van der Waals surface area contributed by atoms with Gasteiger partial charge in [0.1, 0.15) is 17.6 Å². The fraction of sp³-hybridized carbons (Fsp3) is 0.474. The van der Waals surface area contributed by atoms with E-state index in [2.05, 4.69) is 15.3 Å². The summed E-state index contributed by atoms with van der Waals surface area (Å²) in [5.74, 6) is -1.45. The topological polar surface area (TPSA) is 124 Å². The molecule has 0 aliphatic carbocycles. The minimum absolute atomic E-state index is 0.102. The average Bonchev–Trinajstić information content (AvgIpc) is 2.98. The number of rotatable bonds is 3. The zero-order chi connectivity index (χ0) is 21.4. The van der Waals surface area contributed by atoms with Crippen LogP contribution < -0.4 is 10.4 Å². The SMILES string of the molecule is CC(C)(C)OC([O-])=N[C@@H]1CCS(=O)(=O)C[C@@H]1NC(=O)c1cc2cc(F)ccc2[nH]1. The molecule has 2 heterocycles. The van der Waals surface area contributed by atoms with E-state index in [1.165, 1.54) is 24.3 Å². The summed E-state index contributed by atoms with van der Waals surface area (Å²) in [6.07, 6.45) is -0.702. The van der Waals surface area contributed by atoms with Crippen molar-refractivity contribution in [2.75, 3.05) is 11.5 Å². The van der Waals surface area contributed by atoms with Crippen molar-refractivity contribution < 1.29 is 27.4 Å². The number of fused-ring (bicyclic) bond motifs is 1. The van der Waals surface area contributed by atoms with E-state index in [1.54, 1.807) is 20.8 Å². The van der Waals surface area contributed by atoms with Crippen molar-refractivity contribution in [3.63, 3.8) is 0 Å². The molecular weight excluding hydrogens is 401 g/mol. The quantitative estimate of drug-likeness (QED) is 0.565. The molecule has 2 aromatic rings. The summed E-state index contributed by atoms with van der Waals surface area (Å²) in [6, 6.07) is 3.94. The number of hydrogen-bond donors (Lipinski definition) is 2. The average molecular weight is 424 g/mol. The van der Waals surface area contributed by atoms with E-state index >= 15 is 0 Å². The molecule has 0 saturated carbocycles. The number of nitrogens with zero attached hydrogens (tertiary/aromatic N) is 1. The van der Waals surface area contributed by atoms with E-state index in [4.69, 9.17) is 4.74 Å². The summed E-state index contributed by atoms with van der Waals surface area (Å²) in [7, 11) is -3.38. The highest BCUT2D eigenvalue weighted by Crippen LogP contribution is 2.20. The van der Waals surface area contributed by atoms with Crippen LogP contribution in [0.2, 0.25) is 0 Å². The highest BCUT2D eigenvalue weighted by atomic mass is 32.2. The van der Waals surface area contributed by atoms with Crippen molar-refractivity contribution in [2.24, 2.45) is 4.99 Å². The first-order chi connectivity index (χ1) is 13.4. The number of aromatic amines is 1. The summed E-state index contributed by atoms with van der Waals surface area (Å²) >= 11 is 0. The van der Waals surface area contributed by atoms with Crippen LogP contribution in [0, 0.1) is 5.82 Å². The molecule has 1 saturated heterocycles. The summed E-state index contributed by atoms with van der Waals surface area (Å²) in [4.78, 5) is 19.5. The number of hydrogen-bond acceptors (Lipinski definition) is 6. The van der Waals surface area contributed by atoms with Crippen LogP contribution in [-0.2, 0) is 14.6 Å². The third-order valence-electron chi connectivity index (χ3n) is 4.43. The van der Waals surface area contributed by atoms with Crippen LogP contribution >= 0.6 is 0 Å². The fourth-order valence-corrected chi connectivity index (χ4v) is 4.78. The molecule has 1 aliphatic heterocycles. The van der Waals surface area contributed by atoms with Gasteiger partial charge >= 0.3 is 0 Å². The second-order valence-corrected chi connectivity index (χ2v) is 10.3. The molecule has 1 aromatic heterocycles. The molecule has 0 bridgehead atoms. The lowest BCUT2D eigenvalue weighted by Gasteiger charge is -2.33. The van der Waals surface area contributed by atoms with Crippen molar-refractivity contribution in [1.29, 1.82) is 0 Å². The second kappa shape index (κ2) is 7.66. The van der Waals surface area contributed by atoms with E-state index in [1.807, 2.05) is 0 Å². The Labute approximate surface area is 168 Å². The highest BCUT2D eigenvalue weighted by molar-refractivity contribution is 7.91. The number of amides is 1. The number of carbonyl (C=O) groups excluding carboxylic acids is 1. The molecule has 29 heavy (non-hydrogen) atoms. The fourth-order valence-electron chi connectivity index (χ4n) is 3.16. The molecule has 1 fully saturated rings. The number of H-pyrrole nitrogens is 1. The van der Waals surface area contributed by atoms with Crippen LogP contribution in [0.25, 0.3) is 10.9 Å². The highest BCUT2D eigenvalue weighted by Gasteiger charge is 2.34. The molecule has 10 heteroatoms. The Morgan fingerprint density at radius 3 is 2.76 bits per heavy atom. The smallest absolute Gasteiger partial charge is 0.268 e. The molecular formula is C19H23FN3O5S-. The van der Waals surface area contributed by atoms with Gasteiger partial charge in [-0.25, -0.2) is 12.8 Å². The van der Waals surface area contributed by atoms with Crippen LogP contribution in [0.5, 0.6) is 0 Å². The van der Waals surface area contributed by atoms with Gasteiger partial charge in [0.05, 0.1) is 23.6 Å². The van der Waals surface area contributed by atoms with Crippen LogP contribution in [-0.4, -0.2) is 54.6 Å². The van der Waals surface area contributed by atoms with Crippen molar-refractivity contribution >= 4 is 32.7 Å². The lowest BCUT2D eigenvalue weighted by Crippen LogP contribution is -2.52. The van der Waals surface area contributed by atoms with Crippen LogP contribution in [0.4, 0.5) is 4.39 Å². The van der Waals surface area contributed by atoms with E-state index in [0.29, 0.717) is 10.9 Å². The van der Waals surface area contributed by atoms with Gasteiger partial charge in [-0.1, -0.05) is 20.8 Å². The Kier molecular flexibility index (Phi) is 5.57. The maximum absolute atomic E-state index is 13.4. The number of carbonyl (C=O) groups is 1. The maximum atomic E-state index is 13.4. The van der Waals surface area contributed by atoms with Gasteiger partial charge in [0.15, 0.2) is 9.84 Å². The number of benzene rings is 1. The van der Waals surface area contributed by atoms with Crippen molar-refractivity contribution in [1.82, 2.24) is 10.3 Å². The van der Waals surface area contributed by atoms with Gasteiger partial charge in [0, 0.05) is 16.5 Å². The summed E-state index contributed by atoms with van der Waals surface area (Å²) in [5.41, 5.74) is -0.00734. The number of sulfone groups is 1. The van der Waals surface area contributed by atoms with E-state index in [9.17, 15) is 22.7 Å². The van der Waals surface area contributed by atoms with Gasteiger partial charge < -0.3 is 20.1 Å². The van der Waals surface area contributed by atoms with E-state index in [0.717, 1.165) is 0 Å². The zero-order valence-electron chi connectivity index (χ0n) is 16.4. The van der Waals surface area contributed by atoms with Gasteiger partial charge in [0.2, 0.25) is 0 Å². The van der Waals surface area contributed by atoms with Crippen LogP contribution in [0.15, 0.2) is 29.3 Å². The molecule has 1 aliphatic rings. The van der Waals surface area contributed by atoms with Gasteiger partial charge in [-0.3, -0.25) is 9.79 Å². The number of nitrogens with one attached hydrogen (secondary N) is 2. The molecule has 0 radical (unpaired) electrons. The Hall–Kier alpha value is -2.62. The van der Waals surface area contributed by atoms with Crippen molar-refractivity contribution in [2.45, 2.75) is 44.9 Å². The van der Waals surface area contributed by atoms with E-state index < -0.39 is 45.3 Å². The van der Waals surface area contributed by atoms with Crippen LogP contribution in [0.3, 0.4) is 0 Å². The molecule has 0 unspecified atom stereocenters. The number of aliphatic imine (C=N–C) groups is 1. The molecule has 3 rings (SSSR count). The molecule has 2 N–H and O–H groups in total. The monoisotopic (exact) mass is 424 g/mol. The number of halogens is 1. The summed E-state index contributed by atoms with van der Waals surface area (Å²) < 4.78 is 42.6. The molecule has 1 amide bonds. The normalized spacial score (nSPS) is 22.4. The first-order valence-electron chi connectivity index (χ1n) is 9.15. The minimum Gasteiger partial charge on any atom is -0.595 e. The summed E-state index contributed by atoms with van der Waals surface area (Å²) in [6.45, 7) is 5.09. The molecule has 158 valence electrons. The third kappa shape index (κ3) is 5.47. The van der Waals surface area contributed by atoms with Crippen LogP contribution in [0.1, 0.15) is 37.7 Å². The predicted molar refractivity (Wildman–Crippen MR) is 105 cm³/mol. The van der Waals surface area contributed by atoms with Gasteiger partial charge in [-0.2, -0.15) is 0 Å². The number of ether oxygens (including phenoxy) is 1. The first-order valence-corrected chi connectivity index (χ1v) is 11.0. The van der Waals surface area contributed by atoms with E-state index in [-0.39, 0.29) is 23.6 Å². The van der Waals surface area contributed by atoms with Gasteiger partial charge in [0.25, 0.3) is 5.91 Å². The standard InChI is InChI=1S/C19H24FN3O5S/c1-19(2,3)28-18(25)23-14-6-7-29(26,27)10-16(14)22-17(24)15-9-11-8-12(20)4-5-13(11)21-15/h4-5,8-9,14,16,21H,6-7,10H2,1-3H3,(H,22,24)(H,23,25)/p-1/t14-,16+/m1/s1. The maximum Gasteiger partial charge on any atom is 0.268 e. The second-order valence-electron chi connectivity index (χ2n) is 8.07. The number of aromatic nitrogens is 1. The Morgan fingerprint density at radius 2 is 2.07 bits per heavy atom. The zero-order valence-corrected chi connectivity index (χ0v) is 17.2. The lowest BCUT2D eigenvalue weighted by molar-refractivity contribution is -0.261. The summed E-state index contributed by atoms with van der Waals surface area (Å²) in [5, 5.41) is 15.2. The lowest BCUT2D eigenvalue weighted by atomic mass is 10.1. The van der Waals surface area contributed by atoms with Crippen molar-refractivity contribution in [3.05, 3.63) is 35.8 Å². The molecule has 0 spiro atoms. The molecule has 1 aromatic carbocycles. The predicted octanol–water partition coefficient (Wildman–Crippen LogP) is 1.12. The Bertz CT molecular complexity index is 1060. The largest absolute Gasteiger partial charge is 0.595 e. The van der Waals surface area contributed by atoms with Gasteiger partial charge in [-0.15, -0.1) is 0 Å².